The summed E-state index contributed by atoms with van der Waals surface area (Å²) in [4.78, 5) is 11.6. The average Bonchev–Trinajstić information content (AvgIpc) is 2.53. The van der Waals surface area contributed by atoms with Gasteiger partial charge in [-0.3, -0.25) is 0 Å². The van der Waals surface area contributed by atoms with E-state index in [4.69, 9.17) is 16.3 Å². The van der Waals surface area contributed by atoms with Crippen molar-refractivity contribution in [3.8, 4) is 5.75 Å². The Morgan fingerprint density at radius 1 is 1.05 bits per heavy atom. The second-order valence-electron chi connectivity index (χ2n) is 4.90. The SMILES string of the molecule is Cc1ccc(CNC(=O)NCCOc2ccc(Cl)cc2)cc1. The number of ether oxygens (including phenoxy) is 1. The Kier molecular flexibility index (Phi) is 6.10. The van der Waals surface area contributed by atoms with Gasteiger partial charge in [-0.2, -0.15) is 0 Å². The monoisotopic (exact) mass is 318 g/mol. The van der Waals surface area contributed by atoms with Crippen LogP contribution in [-0.4, -0.2) is 19.2 Å². The molecule has 2 rings (SSSR count). The zero-order chi connectivity index (χ0) is 15.8. The number of aryl methyl sites for hydroxylation is 1. The van der Waals surface area contributed by atoms with Gasteiger partial charge in [-0.25, -0.2) is 4.79 Å². The maximum atomic E-state index is 11.6. The first-order valence-electron chi connectivity index (χ1n) is 7.09. The minimum atomic E-state index is -0.208. The second-order valence-corrected chi connectivity index (χ2v) is 5.33. The number of urea groups is 1. The van der Waals surface area contributed by atoms with Gasteiger partial charge in [-0.15, -0.1) is 0 Å². The minimum absolute atomic E-state index is 0.208. The quantitative estimate of drug-likeness (QED) is 0.801. The fraction of sp³-hybridized carbons (Fsp3) is 0.235. The van der Waals surface area contributed by atoms with Gasteiger partial charge >= 0.3 is 6.03 Å². The highest BCUT2D eigenvalue weighted by molar-refractivity contribution is 6.30. The Labute approximate surface area is 135 Å². The van der Waals surface area contributed by atoms with Crippen molar-refractivity contribution in [1.82, 2.24) is 10.6 Å². The van der Waals surface area contributed by atoms with Crippen molar-refractivity contribution >= 4 is 17.6 Å². The van der Waals surface area contributed by atoms with E-state index in [0.717, 1.165) is 11.3 Å². The van der Waals surface area contributed by atoms with E-state index < -0.39 is 0 Å². The zero-order valence-electron chi connectivity index (χ0n) is 12.4. The van der Waals surface area contributed by atoms with Crippen LogP contribution in [0.1, 0.15) is 11.1 Å². The first-order chi connectivity index (χ1) is 10.6. The highest BCUT2D eigenvalue weighted by atomic mass is 35.5. The Morgan fingerprint density at radius 2 is 1.73 bits per heavy atom. The maximum Gasteiger partial charge on any atom is 0.315 e. The summed E-state index contributed by atoms with van der Waals surface area (Å²) in [7, 11) is 0. The molecule has 116 valence electrons. The maximum absolute atomic E-state index is 11.6. The lowest BCUT2D eigenvalue weighted by Crippen LogP contribution is -2.37. The molecule has 0 aliphatic heterocycles. The molecular formula is C17H19ClN2O2. The summed E-state index contributed by atoms with van der Waals surface area (Å²) in [6, 6.07) is 14.9. The standard InChI is InChI=1S/C17H19ClN2O2/c1-13-2-4-14(5-3-13)12-20-17(21)19-10-11-22-16-8-6-15(18)7-9-16/h2-9H,10-12H2,1H3,(H2,19,20,21). The van der Waals surface area contributed by atoms with Crippen molar-refractivity contribution < 1.29 is 9.53 Å². The van der Waals surface area contributed by atoms with E-state index >= 15 is 0 Å². The molecule has 0 atom stereocenters. The van der Waals surface area contributed by atoms with Crippen LogP contribution in [0.5, 0.6) is 5.75 Å². The largest absolute Gasteiger partial charge is 0.492 e. The van der Waals surface area contributed by atoms with Crippen molar-refractivity contribution in [2.45, 2.75) is 13.5 Å². The van der Waals surface area contributed by atoms with Crippen LogP contribution >= 0.6 is 11.6 Å². The molecule has 22 heavy (non-hydrogen) atoms. The molecule has 0 saturated heterocycles. The molecule has 0 heterocycles. The van der Waals surface area contributed by atoms with Crippen LogP contribution in [0, 0.1) is 6.92 Å². The van der Waals surface area contributed by atoms with Crippen LogP contribution in [0.2, 0.25) is 5.02 Å². The lowest BCUT2D eigenvalue weighted by molar-refractivity contribution is 0.236. The van der Waals surface area contributed by atoms with Crippen molar-refractivity contribution in [1.29, 1.82) is 0 Å². The predicted molar refractivity (Wildman–Crippen MR) is 88.4 cm³/mol. The Hall–Kier alpha value is -2.20. The molecule has 0 spiro atoms. The molecular weight excluding hydrogens is 300 g/mol. The third-order valence-corrected chi connectivity index (χ3v) is 3.30. The van der Waals surface area contributed by atoms with E-state index in [9.17, 15) is 4.79 Å². The summed E-state index contributed by atoms with van der Waals surface area (Å²) in [6.45, 7) is 3.37. The number of benzene rings is 2. The van der Waals surface area contributed by atoms with Crippen LogP contribution in [0.25, 0.3) is 0 Å². The van der Waals surface area contributed by atoms with Gasteiger partial charge in [0.2, 0.25) is 0 Å². The lowest BCUT2D eigenvalue weighted by Gasteiger charge is -2.09. The van der Waals surface area contributed by atoms with Crippen molar-refractivity contribution in [3.63, 3.8) is 0 Å². The zero-order valence-corrected chi connectivity index (χ0v) is 13.2. The predicted octanol–water partition coefficient (Wildman–Crippen LogP) is 3.53. The van der Waals surface area contributed by atoms with Gasteiger partial charge in [0.15, 0.2) is 0 Å². The van der Waals surface area contributed by atoms with E-state index in [1.54, 1.807) is 24.3 Å². The van der Waals surface area contributed by atoms with Gasteiger partial charge in [0.1, 0.15) is 12.4 Å². The fourth-order valence-electron chi connectivity index (χ4n) is 1.82. The Bertz CT molecular complexity index is 597. The van der Waals surface area contributed by atoms with E-state index in [2.05, 4.69) is 10.6 Å². The molecule has 0 aliphatic rings. The highest BCUT2D eigenvalue weighted by Gasteiger charge is 2.00. The summed E-state index contributed by atoms with van der Waals surface area (Å²) in [5, 5.41) is 6.21. The van der Waals surface area contributed by atoms with Crippen LogP contribution < -0.4 is 15.4 Å². The molecule has 0 unspecified atom stereocenters. The van der Waals surface area contributed by atoms with Gasteiger partial charge < -0.3 is 15.4 Å². The van der Waals surface area contributed by atoms with Gasteiger partial charge in [0, 0.05) is 11.6 Å². The lowest BCUT2D eigenvalue weighted by atomic mass is 10.1. The average molecular weight is 319 g/mol. The number of halogens is 1. The number of amides is 2. The molecule has 4 nitrogen and oxygen atoms in total. The molecule has 0 aliphatic carbocycles. The summed E-state index contributed by atoms with van der Waals surface area (Å²) >= 11 is 5.79. The van der Waals surface area contributed by atoms with Crippen molar-refractivity contribution in [2.24, 2.45) is 0 Å². The number of hydrogen-bond donors (Lipinski definition) is 2. The van der Waals surface area contributed by atoms with E-state index in [1.165, 1.54) is 5.56 Å². The van der Waals surface area contributed by atoms with Gasteiger partial charge in [0.05, 0.1) is 6.54 Å². The van der Waals surface area contributed by atoms with E-state index in [0.29, 0.717) is 24.7 Å². The molecule has 5 heteroatoms. The molecule has 2 N–H and O–H groups in total. The number of carbonyl (C=O) groups excluding carboxylic acids is 1. The van der Waals surface area contributed by atoms with Crippen LogP contribution in [-0.2, 0) is 6.54 Å². The number of hydrogen-bond acceptors (Lipinski definition) is 2. The van der Waals surface area contributed by atoms with Crippen LogP contribution in [0.15, 0.2) is 48.5 Å². The van der Waals surface area contributed by atoms with E-state index in [1.807, 2.05) is 31.2 Å². The Morgan fingerprint density at radius 3 is 2.41 bits per heavy atom. The summed E-state index contributed by atoms with van der Waals surface area (Å²) < 4.78 is 5.49. The third-order valence-electron chi connectivity index (χ3n) is 3.04. The molecule has 0 bridgehead atoms. The summed E-state index contributed by atoms with van der Waals surface area (Å²) in [5.41, 5.74) is 2.27. The highest BCUT2D eigenvalue weighted by Crippen LogP contribution is 2.15. The van der Waals surface area contributed by atoms with Crippen molar-refractivity contribution in [2.75, 3.05) is 13.2 Å². The molecule has 0 aromatic heterocycles. The molecule has 0 radical (unpaired) electrons. The third kappa shape index (κ3) is 5.66. The second kappa shape index (κ2) is 8.29. The minimum Gasteiger partial charge on any atom is -0.492 e. The van der Waals surface area contributed by atoms with Gasteiger partial charge in [-0.1, -0.05) is 41.4 Å². The molecule has 2 aromatic rings. The molecule has 0 saturated carbocycles. The van der Waals surface area contributed by atoms with Gasteiger partial charge in [-0.05, 0) is 36.8 Å². The molecule has 0 fully saturated rings. The molecule has 2 aromatic carbocycles. The van der Waals surface area contributed by atoms with Crippen LogP contribution in [0.3, 0.4) is 0 Å². The van der Waals surface area contributed by atoms with Crippen molar-refractivity contribution in [3.05, 3.63) is 64.7 Å². The van der Waals surface area contributed by atoms with Gasteiger partial charge in [0.25, 0.3) is 0 Å². The first kappa shape index (κ1) is 16.2. The number of nitrogens with one attached hydrogen (secondary N) is 2. The number of rotatable bonds is 6. The normalized spacial score (nSPS) is 10.1. The summed E-state index contributed by atoms with van der Waals surface area (Å²) in [5.74, 6) is 0.728. The van der Waals surface area contributed by atoms with E-state index in [-0.39, 0.29) is 6.03 Å². The first-order valence-corrected chi connectivity index (χ1v) is 7.47. The fourth-order valence-corrected chi connectivity index (χ4v) is 1.94. The Balaban J connectivity index is 1.61. The summed E-state index contributed by atoms with van der Waals surface area (Å²) in [6.07, 6.45) is 0. The van der Waals surface area contributed by atoms with Crippen LogP contribution in [0.4, 0.5) is 4.79 Å². The number of carbonyl (C=O) groups is 1. The molecule has 2 amide bonds. The topological polar surface area (TPSA) is 50.4 Å². The smallest absolute Gasteiger partial charge is 0.315 e.